The number of rotatable bonds is 5. The number of carbonyl (C=O) groups is 2. The number of ether oxygens (including phenoxy) is 1. The fourth-order valence-corrected chi connectivity index (χ4v) is 4.68. The Bertz CT molecular complexity index is 1270. The molecule has 0 bridgehead atoms. The fraction of sp³-hybridized carbons (Fsp3) is 0.346. The molecule has 0 aliphatic carbocycles. The van der Waals surface area contributed by atoms with Crippen LogP contribution in [-0.2, 0) is 29.2 Å². The molecule has 2 aliphatic heterocycles. The van der Waals surface area contributed by atoms with E-state index in [-0.39, 0.29) is 48.4 Å². The van der Waals surface area contributed by atoms with Crippen molar-refractivity contribution in [3.63, 3.8) is 0 Å². The number of benzene rings is 2. The highest BCUT2D eigenvalue weighted by Crippen LogP contribution is 2.29. The van der Waals surface area contributed by atoms with Gasteiger partial charge < -0.3 is 19.5 Å². The lowest BCUT2D eigenvalue weighted by molar-refractivity contribution is -0.126. The van der Waals surface area contributed by atoms with Gasteiger partial charge in [0.15, 0.2) is 5.69 Å². The van der Waals surface area contributed by atoms with Gasteiger partial charge in [0, 0.05) is 31.1 Å². The molecule has 1 aromatic heterocycles. The molecule has 2 aliphatic rings. The summed E-state index contributed by atoms with van der Waals surface area (Å²) in [6, 6.07) is 9.27. The minimum atomic E-state index is -0.575. The smallest absolute Gasteiger partial charge is 0.274 e. The molecule has 1 atom stereocenters. The van der Waals surface area contributed by atoms with Crippen molar-refractivity contribution in [2.45, 2.75) is 38.6 Å². The Kier molecular flexibility index (Phi) is 6.77. The molecule has 3 heterocycles. The van der Waals surface area contributed by atoms with E-state index in [4.69, 9.17) is 4.74 Å². The molecular formula is C26H25F3N4O3. The molecule has 1 unspecified atom stereocenters. The predicted molar refractivity (Wildman–Crippen MR) is 123 cm³/mol. The summed E-state index contributed by atoms with van der Waals surface area (Å²) in [5.41, 5.74) is 1.96. The third-order valence-corrected chi connectivity index (χ3v) is 6.79. The third-order valence-electron chi connectivity index (χ3n) is 6.79. The molecule has 1 fully saturated rings. The van der Waals surface area contributed by atoms with Crippen LogP contribution in [0.2, 0.25) is 0 Å². The van der Waals surface area contributed by atoms with Crippen molar-refractivity contribution in [3.05, 3.63) is 88.8 Å². The zero-order valence-corrected chi connectivity index (χ0v) is 19.4. The lowest BCUT2D eigenvalue weighted by Gasteiger charge is -2.31. The number of amides is 2. The summed E-state index contributed by atoms with van der Waals surface area (Å²) in [5.74, 6) is -2.23. The Labute approximate surface area is 205 Å². The number of imidazole rings is 1. The van der Waals surface area contributed by atoms with Crippen molar-refractivity contribution in [3.8, 4) is 0 Å². The van der Waals surface area contributed by atoms with Crippen LogP contribution in [0.4, 0.5) is 13.2 Å². The molecule has 2 aromatic carbocycles. The van der Waals surface area contributed by atoms with E-state index in [2.05, 4.69) is 10.3 Å². The van der Waals surface area contributed by atoms with Crippen molar-refractivity contribution >= 4 is 11.8 Å². The maximum atomic E-state index is 13.8. The fourth-order valence-electron chi connectivity index (χ4n) is 4.68. The van der Waals surface area contributed by atoms with Crippen LogP contribution < -0.4 is 5.32 Å². The van der Waals surface area contributed by atoms with Gasteiger partial charge in [0.2, 0.25) is 5.91 Å². The molecule has 3 aromatic rings. The first kappa shape index (κ1) is 24.1. The third kappa shape index (κ3) is 4.99. The summed E-state index contributed by atoms with van der Waals surface area (Å²) in [7, 11) is 0. The number of hydrogen-bond donors (Lipinski definition) is 1. The number of aromatic nitrogens is 2. The Balaban J connectivity index is 1.15. The molecule has 7 nitrogen and oxygen atoms in total. The number of fused-ring (bicyclic) bond motifs is 1. The van der Waals surface area contributed by atoms with Crippen LogP contribution in [0.25, 0.3) is 0 Å². The summed E-state index contributed by atoms with van der Waals surface area (Å²) in [6.45, 7) is 1.35. The highest BCUT2D eigenvalue weighted by atomic mass is 19.1. The molecule has 36 heavy (non-hydrogen) atoms. The lowest BCUT2D eigenvalue weighted by atomic mass is 9.95. The van der Waals surface area contributed by atoms with Gasteiger partial charge in [-0.25, -0.2) is 18.2 Å². The number of carbonyl (C=O) groups excluding carboxylic acids is 2. The van der Waals surface area contributed by atoms with Gasteiger partial charge in [0.25, 0.3) is 5.91 Å². The van der Waals surface area contributed by atoms with Crippen LogP contribution in [0.15, 0.2) is 48.8 Å². The van der Waals surface area contributed by atoms with E-state index in [0.717, 1.165) is 23.8 Å². The number of hydrogen-bond acceptors (Lipinski definition) is 4. The molecule has 0 saturated carbocycles. The van der Waals surface area contributed by atoms with Gasteiger partial charge in [-0.15, -0.1) is 0 Å². The van der Waals surface area contributed by atoms with Gasteiger partial charge in [-0.1, -0.05) is 12.1 Å². The normalized spacial score (nSPS) is 18.1. The lowest BCUT2D eigenvalue weighted by Crippen LogP contribution is -2.43. The first-order valence-corrected chi connectivity index (χ1v) is 11.8. The summed E-state index contributed by atoms with van der Waals surface area (Å²) < 4.78 is 48.2. The van der Waals surface area contributed by atoms with Gasteiger partial charge in [-0.05, 0) is 48.7 Å². The van der Waals surface area contributed by atoms with Gasteiger partial charge in [0.1, 0.15) is 23.6 Å². The van der Waals surface area contributed by atoms with Crippen molar-refractivity contribution in [1.82, 2.24) is 19.8 Å². The van der Waals surface area contributed by atoms with E-state index in [1.54, 1.807) is 23.4 Å². The topological polar surface area (TPSA) is 76.5 Å². The minimum absolute atomic E-state index is 0.0874. The molecular weight excluding hydrogens is 473 g/mol. The van der Waals surface area contributed by atoms with Crippen molar-refractivity contribution < 1.29 is 27.5 Å². The first-order chi connectivity index (χ1) is 17.4. The maximum absolute atomic E-state index is 13.8. The second kappa shape index (κ2) is 10.1. The van der Waals surface area contributed by atoms with Crippen LogP contribution in [0.5, 0.6) is 0 Å². The number of nitrogens with one attached hydrogen (secondary N) is 1. The Morgan fingerprint density at radius 1 is 1.03 bits per heavy atom. The molecule has 188 valence electrons. The van der Waals surface area contributed by atoms with E-state index in [9.17, 15) is 22.8 Å². The van der Waals surface area contributed by atoms with Crippen molar-refractivity contribution in [2.75, 3.05) is 13.1 Å². The standard InChI is InChI=1S/C26H25F3N4O3/c27-19-3-1-16(2-4-19)23-13-33-15-31-24(22(33)14-36-23)26(35)32-9-7-17(8-10-32)25(34)30-12-18-11-20(28)5-6-21(18)29/h1-6,11,15,17,23H,7-10,12-14H2,(H,30,34). The van der Waals surface area contributed by atoms with Crippen LogP contribution in [0, 0.1) is 23.4 Å². The highest BCUT2D eigenvalue weighted by molar-refractivity contribution is 5.93. The van der Waals surface area contributed by atoms with Gasteiger partial charge >= 0.3 is 0 Å². The number of halogens is 3. The number of nitrogens with zero attached hydrogens (tertiary/aromatic N) is 3. The van der Waals surface area contributed by atoms with E-state index in [1.165, 1.54) is 12.1 Å². The van der Waals surface area contributed by atoms with Crippen LogP contribution in [0.3, 0.4) is 0 Å². The second-order valence-electron chi connectivity index (χ2n) is 9.06. The molecule has 0 spiro atoms. The summed E-state index contributed by atoms with van der Waals surface area (Å²) in [6.07, 6.45) is 2.28. The molecule has 0 radical (unpaired) electrons. The van der Waals surface area contributed by atoms with Crippen LogP contribution in [-0.4, -0.2) is 39.4 Å². The average Bonchev–Trinajstić information content (AvgIpc) is 3.32. The summed E-state index contributed by atoms with van der Waals surface area (Å²) in [4.78, 5) is 31.7. The SMILES string of the molecule is O=C(NCc1cc(F)ccc1F)C1CCN(C(=O)c2ncn3c2COC(c2ccc(F)cc2)C3)CC1. The summed E-state index contributed by atoms with van der Waals surface area (Å²) >= 11 is 0. The Morgan fingerprint density at radius 2 is 1.75 bits per heavy atom. The Hall–Kier alpha value is -3.66. The van der Waals surface area contributed by atoms with E-state index in [1.807, 2.05) is 4.57 Å². The molecule has 5 rings (SSSR count). The summed E-state index contributed by atoms with van der Waals surface area (Å²) in [5, 5.41) is 2.67. The monoisotopic (exact) mass is 498 g/mol. The number of piperidine rings is 1. The molecule has 10 heteroatoms. The van der Waals surface area contributed by atoms with E-state index >= 15 is 0 Å². The van der Waals surface area contributed by atoms with Gasteiger partial charge in [-0.3, -0.25) is 9.59 Å². The quantitative estimate of drug-likeness (QED) is 0.582. The van der Waals surface area contributed by atoms with E-state index < -0.39 is 11.6 Å². The zero-order chi connectivity index (χ0) is 25.2. The average molecular weight is 499 g/mol. The maximum Gasteiger partial charge on any atom is 0.274 e. The highest BCUT2D eigenvalue weighted by Gasteiger charge is 2.32. The Morgan fingerprint density at radius 3 is 2.50 bits per heavy atom. The van der Waals surface area contributed by atoms with Crippen LogP contribution in [0.1, 0.15) is 46.3 Å². The number of likely N-dealkylation sites (tertiary alicyclic amines) is 1. The zero-order valence-electron chi connectivity index (χ0n) is 19.4. The van der Waals surface area contributed by atoms with E-state index in [0.29, 0.717) is 43.9 Å². The van der Waals surface area contributed by atoms with Crippen molar-refractivity contribution in [2.24, 2.45) is 5.92 Å². The minimum Gasteiger partial charge on any atom is -0.365 e. The van der Waals surface area contributed by atoms with Gasteiger partial charge in [0.05, 0.1) is 25.2 Å². The molecule has 1 saturated heterocycles. The molecule has 1 N–H and O–H groups in total. The van der Waals surface area contributed by atoms with Crippen LogP contribution >= 0.6 is 0 Å². The van der Waals surface area contributed by atoms with Gasteiger partial charge in [-0.2, -0.15) is 0 Å². The largest absolute Gasteiger partial charge is 0.365 e. The molecule has 2 amide bonds. The second-order valence-corrected chi connectivity index (χ2v) is 9.06. The first-order valence-electron chi connectivity index (χ1n) is 11.8. The predicted octanol–water partition coefficient (Wildman–Crippen LogP) is 3.74. The van der Waals surface area contributed by atoms with Crippen molar-refractivity contribution in [1.29, 1.82) is 0 Å².